The maximum Gasteiger partial charge on any atom is 0.416 e. The number of halogens is 3. The first-order chi connectivity index (χ1) is 10.1. The molecule has 3 rings (SSSR count). The lowest BCUT2D eigenvalue weighted by molar-refractivity contribution is -0.137. The van der Waals surface area contributed by atoms with Crippen molar-refractivity contribution in [3.8, 4) is 0 Å². The second-order valence-corrected chi connectivity index (χ2v) is 4.90. The van der Waals surface area contributed by atoms with Crippen LogP contribution in [-0.4, -0.2) is 12.3 Å². The Morgan fingerprint density at radius 2 is 1.62 bits per heavy atom. The molecule has 5 heteroatoms. The molecule has 0 saturated heterocycles. The Balaban J connectivity index is 1.89. The Morgan fingerprint density at radius 1 is 0.952 bits per heavy atom. The number of nitrogens with one attached hydrogen (secondary N) is 1. The molecular weight excluding hydrogens is 277 g/mol. The molecule has 108 valence electrons. The molecule has 1 aliphatic rings. The van der Waals surface area contributed by atoms with E-state index in [0.717, 1.165) is 23.4 Å². The van der Waals surface area contributed by atoms with Crippen LogP contribution in [0.15, 0.2) is 59.7 Å². The largest absolute Gasteiger partial charge is 0.416 e. The molecule has 0 saturated carbocycles. The Bertz CT molecular complexity index is 645. The summed E-state index contributed by atoms with van der Waals surface area (Å²) in [4.78, 5) is 0. The fourth-order valence-electron chi connectivity index (χ4n) is 2.45. The van der Waals surface area contributed by atoms with Crippen LogP contribution >= 0.6 is 0 Å². The zero-order chi connectivity index (χ0) is 14.9. The van der Waals surface area contributed by atoms with E-state index in [1.807, 2.05) is 30.3 Å². The van der Waals surface area contributed by atoms with E-state index in [2.05, 4.69) is 10.5 Å². The number of hydrogen-bond acceptors (Lipinski definition) is 2. The lowest BCUT2D eigenvalue weighted by Crippen LogP contribution is -2.14. The number of hydrogen-bond donors (Lipinski definition) is 1. The van der Waals surface area contributed by atoms with E-state index < -0.39 is 11.7 Å². The van der Waals surface area contributed by atoms with Gasteiger partial charge in [0.25, 0.3) is 0 Å². The molecule has 0 bridgehead atoms. The summed E-state index contributed by atoms with van der Waals surface area (Å²) < 4.78 is 37.8. The second-order valence-electron chi connectivity index (χ2n) is 4.90. The van der Waals surface area contributed by atoms with E-state index in [4.69, 9.17) is 0 Å². The standard InChI is InChI=1S/C16H13F3N2/c17-16(18,19)13-8-6-12(7-9-13)15-14(10-20-21-15)11-4-2-1-3-5-11/h1-9,14,20H,10H2. The van der Waals surface area contributed by atoms with Crippen LogP contribution in [0.5, 0.6) is 0 Å². The van der Waals surface area contributed by atoms with Gasteiger partial charge in [0, 0.05) is 12.5 Å². The Hall–Kier alpha value is -2.30. The first-order valence-corrected chi connectivity index (χ1v) is 6.59. The van der Waals surface area contributed by atoms with Crippen molar-refractivity contribution in [1.82, 2.24) is 5.43 Å². The van der Waals surface area contributed by atoms with Crippen molar-refractivity contribution in [2.75, 3.05) is 6.54 Å². The maximum absolute atomic E-state index is 12.6. The fraction of sp³-hybridized carbons (Fsp3) is 0.188. The smallest absolute Gasteiger partial charge is 0.309 e. The Kier molecular flexibility index (Phi) is 3.41. The molecule has 0 aromatic heterocycles. The molecule has 2 aromatic rings. The zero-order valence-electron chi connectivity index (χ0n) is 11.1. The summed E-state index contributed by atoms with van der Waals surface area (Å²) in [5, 5.41) is 4.24. The third-order valence-corrected chi connectivity index (χ3v) is 3.53. The molecule has 0 aliphatic carbocycles. The molecule has 21 heavy (non-hydrogen) atoms. The molecule has 1 atom stereocenters. The molecule has 0 fully saturated rings. The van der Waals surface area contributed by atoms with Gasteiger partial charge in [-0.25, -0.2) is 0 Å². The highest BCUT2D eigenvalue weighted by atomic mass is 19.4. The Morgan fingerprint density at radius 3 is 2.24 bits per heavy atom. The van der Waals surface area contributed by atoms with E-state index in [1.165, 1.54) is 12.1 Å². The normalized spacial score (nSPS) is 18.2. The first kappa shape index (κ1) is 13.7. The maximum atomic E-state index is 12.6. The first-order valence-electron chi connectivity index (χ1n) is 6.59. The third-order valence-electron chi connectivity index (χ3n) is 3.53. The van der Waals surface area contributed by atoms with Crippen LogP contribution < -0.4 is 5.43 Å². The quantitative estimate of drug-likeness (QED) is 0.894. The van der Waals surface area contributed by atoms with Gasteiger partial charge in [-0.1, -0.05) is 42.5 Å². The van der Waals surface area contributed by atoms with Crippen LogP contribution in [0.4, 0.5) is 13.2 Å². The van der Waals surface area contributed by atoms with Gasteiger partial charge in [0.15, 0.2) is 0 Å². The highest BCUT2D eigenvalue weighted by molar-refractivity contribution is 6.06. The van der Waals surface area contributed by atoms with Gasteiger partial charge >= 0.3 is 6.18 Å². The van der Waals surface area contributed by atoms with Gasteiger partial charge in [0.05, 0.1) is 11.3 Å². The Labute approximate surface area is 120 Å². The van der Waals surface area contributed by atoms with Gasteiger partial charge in [-0.2, -0.15) is 18.3 Å². The van der Waals surface area contributed by atoms with Crippen LogP contribution in [-0.2, 0) is 6.18 Å². The average molecular weight is 290 g/mol. The summed E-state index contributed by atoms with van der Waals surface area (Å²) in [6, 6.07) is 15.0. The zero-order valence-corrected chi connectivity index (χ0v) is 11.1. The lowest BCUT2D eigenvalue weighted by atomic mass is 9.90. The summed E-state index contributed by atoms with van der Waals surface area (Å²) in [6.45, 7) is 0.653. The van der Waals surface area contributed by atoms with Crippen molar-refractivity contribution >= 4 is 5.71 Å². The van der Waals surface area contributed by atoms with Gasteiger partial charge < -0.3 is 5.43 Å². The second kappa shape index (κ2) is 5.24. The van der Waals surface area contributed by atoms with E-state index in [0.29, 0.717) is 12.1 Å². The summed E-state index contributed by atoms with van der Waals surface area (Å²) in [5.74, 6) is 0.0583. The highest BCUT2D eigenvalue weighted by Crippen LogP contribution is 2.30. The van der Waals surface area contributed by atoms with E-state index >= 15 is 0 Å². The number of hydrazone groups is 1. The molecule has 0 spiro atoms. The van der Waals surface area contributed by atoms with Crippen LogP contribution in [0, 0.1) is 0 Å². The van der Waals surface area contributed by atoms with Crippen molar-refractivity contribution < 1.29 is 13.2 Å². The minimum absolute atomic E-state index is 0.0583. The number of nitrogens with zero attached hydrogens (tertiary/aromatic N) is 1. The van der Waals surface area contributed by atoms with E-state index in [9.17, 15) is 13.2 Å². The van der Waals surface area contributed by atoms with Crippen LogP contribution in [0.25, 0.3) is 0 Å². The molecule has 1 heterocycles. The van der Waals surface area contributed by atoms with Crippen molar-refractivity contribution in [2.24, 2.45) is 5.10 Å². The van der Waals surface area contributed by atoms with Gasteiger partial charge in [-0.05, 0) is 23.3 Å². The predicted octanol–water partition coefficient (Wildman–Crippen LogP) is 3.80. The number of alkyl halides is 3. The van der Waals surface area contributed by atoms with E-state index in [-0.39, 0.29) is 5.92 Å². The van der Waals surface area contributed by atoms with Crippen molar-refractivity contribution in [3.63, 3.8) is 0 Å². The molecule has 0 amide bonds. The summed E-state index contributed by atoms with van der Waals surface area (Å²) in [6.07, 6.45) is -4.31. The summed E-state index contributed by atoms with van der Waals surface area (Å²) >= 11 is 0. The highest BCUT2D eigenvalue weighted by Gasteiger charge is 2.31. The van der Waals surface area contributed by atoms with Crippen LogP contribution in [0.3, 0.4) is 0 Å². The molecular formula is C16H13F3N2. The van der Waals surface area contributed by atoms with Gasteiger partial charge in [-0.3, -0.25) is 0 Å². The number of rotatable bonds is 2. The van der Waals surface area contributed by atoms with Crippen LogP contribution in [0.2, 0.25) is 0 Å². The SMILES string of the molecule is FC(F)(F)c1ccc(C2=NNCC2c2ccccc2)cc1. The topological polar surface area (TPSA) is 24.4 Å². The molecule has 1 unspecified atom stereocenters. The summed E-state index contributed by atoms with van der Waals surface area (Å²) in [5.41, 5.74) is 4.87. The monoisotopic (exact) mass is 290 g/mol. The van der Waals surface area contributed by atoms with Gasteiger partial charge in [0.2, 0.25) is 0 Å². The van der Waals surface area contributed by atoms with Crippen LogP contribution in [0.1, 0.15) is 22.6 Å². The average Bonchev–Trinajstić information content (AvgIpc) is 2.97. The van der Waals surface area contributed by atoms with Crippen molar-refractivity contribution in [2.45, 2.75) is 12.1 Å². The van der Waals surface area contributed by atoms with Crippen molar-refractivity contribution in [3.05, 3.63) is 71.3 Å². The van der Waals surface area contributed by atoms with E-state index in [1.54, 1.807) is 0 Å². The minimum atomic E-state index is -4.31. The fourth-order valence-corrected chi connectivity index (χ4v) is 2.45. The molecule has 0 radical (unpaired) electrons. The third kappa shape index (κ3) is 2.77. The molecule has 2 nitrogen and oxygen atoms in total. The lowest BCUT2D eigenvalue weighted by Gasteiger charge is -2.13. The molecule has 1 N–H and O–H groups in total. The number of benzene rings is 2. The molecule has 1 aliphatic heterocycles. The summed E-state index contributed by atoms with van der Waals surface area (Å²) in [7, 11) is 0. The molecule has 2 aromatic carbocycles. The van der Waals surface area contributed by atoms with Gasteiger partial charge in [-0.15, -0.1) is 0 Å². The minimum Gasteiger partial charge on any atom is -0.309 e. The van der Waals surface area contributed by atoms with Crippen molar-refractivity contribution in [1.29, 1.82) is 0 Å². The predicted molar refractivity (Wildman–Crippen MR) is 75.2 cm³/mol. The van der Waals surface area contributed by atoms with Gasteiger partial charge in [0.1, 0.15) is 0 Å².